The van der Waals surface area contributed by atoms with Crippen molar-refractivity contribution in [2.45, 2.75) is 25.0 Å². The Morgan fingerprint density at radius 1 is 1.17 bits per heavy atom. The van der Waals surface area contributed by atoms with Crippen LogP contribution in [0.15, 0.2) is 30.3 Å². The van der Waals surface area contributed by atoms with Gasteiger partial charge in [-0.15, -0.1) is 0 Å². The van der Waals surface area contributed by atoms with Crippen LogP contribution in [0.3, 0.4) is 0 Å². The fourth-order valence-electron chi connectivity index (χ4n) is 3.03. The lowest BCUT2D eigenvalue weighted by Gasteiger charge is -2.27. The molecule has 30 heavy (non-hydrogen) atoms. The van der Waals surface area contributed by atoms with Crippen LogP contribution in [0.1, 0.15) is 12.5 Å². The van der Waals surface area contributed by atoms with Gasteiger partial charge in [0.1, 0.15) is 11.6 Å². The quantitative estimate of drug-likeness (QED) is 0.392. The molecule has 0 bridgehead atoms. The first-order valence-electron chi connectivity index (χ1n) is 9.97. The fraction of sp³-hybridized carbons (Fsp3) is 0.550. The Morgan fingerprint density at radius 2 is 1.83 bits per heavy atom. The van der Waals surface area contributed by atoms with E-state index in [1.807, 2.05) is 35.3 Å². The summed E-state index contributed by atoms with van der Waals surface area (Å²) < 4.78 is 16.5. The molecule has 2 atom stereocenters. The Balaban J connectivity index is 1.53. The van der Waals surface area contributed by atoms with Crippen molar-refractivity contribution in [3.63, 3.8) is 0 Å². The molecule has 0 aromatic heterocycles. The number of epoxide rings is 1. The third-order valence-corrected chi connectivity index (χ3v) is 6.44. The van der Waals surface area contributed by atoms with E-state index in [2.05, 4.69) is 16.1 Å². The predicted octanol–water partition coefficient (Wildman–Crippen LogP) is -1.24. The zero-order valence-electron chi connectivity index (χ0n) is 17.0. The van der Waals surface area contributed by atoms with Crippen LogP contribution < -0.4 is 16.1 Å². The van der Waals surface area contributed by atoms with Gasteiger partial charge >= 0.3 is 0 Å². The number of hydrogen-bond acceptors (Lipinski definition) is 7. The molecule has 0 saturated carbocycles. The van der Waals surface area contributed by atoms with Gasteiger partial charge in [0.2, 0.25) is 11.8 Å². The average molecular weight is 437 g/mol. The molecule has 164 valence electrons. The van der Waals surface area contributed by atoms with Crippen molar-refractivity contribution < 1.29 is 23.3 Å². The van der Waals surface area contributed by atoms with E-state index in [-0.39, 0.29) is 24.8 Å². The molecule has 2 aliphatic heterocycles. The maximum atomic E-state index is 12.7. The van der Waals surface area contributed by atoms with Crippen LogP contribution in [0, 0.1) is 0 Å². The molecule has 3 N–H and O–H groups in total. The summed E-state index contributed by atoms with van der Waals surface area (Å²) in [6.45, 7) is 3.14. The Hall–Kier alpha value is -2.14. The second-order valence-electron chi connectivity index (χ2n) is 7.64. The molecule has 10 heteroatoms. The molecule has 2 saturated heterocycles. The van der Waals surface area contributed by atoms with E-state index in [1.54, 1.807) is 6.92 Å². The highest BCUT2D eigenvalue weighted by Crippen LogP contribution is 2.26. The minimum absolute atomic E-state index is 0.00997. The van der Waals surface area contributed by atoms with E-state index in [4.69, 9.17) is 4.74 Å². The van der Waals surface area contributed by atoms with Gasteiger partial charge in [-0.25, -0.2) is 10.4 Å². The maximum Gasteiger partial charge on any atom is 0.243 e. The second kappa shape index (κ2) is 10.3. The molecular formula is C20H28N4O5S. The van der Waals surface area contributed by atoms with Crippen LogP contribution in [0.2, 0.25) is 0 Å². The number of carbonyl (C=O) groups is 3. The first-order valence-corrected chi connectivity index (χ1v) is 11.5. The van der Waals surface area contributed by atoms with E-state index >= 15 is 0 Å². The third-order valence-electron chi connectivity index (χ3n) is 5.17. The molecule has 1 unspecified atom stereocenters. The molecule has 9 nitrogen and oxygen atoms in total. The van der Waals surface area contributed by atoms with Gasteiger partial charge in [0.05, 0.1) is 19.7 Å². The van der Waals surface area contributed by atoms with Crippen LogP contribution in [0.4, 0.5) is 0 Å². The van der Waals surface area contributed by atoms with Gasteiger partial charge in [-0.2, -0.15) is 0 Å². The lowest BCUT2D eigenvalue weighted by Crippen LogP contribution is -2.54. The summed E-state index contributed by atoms with van der Waals surface area (Å²) in [5.74, 6) is 0.207. The van der Waals surface area contributed by atoms with Gasteiger partial charge in [0.25, 0.3) is 0 Å². The summed E-state index contributed by atoms with van der Waals surface area (Å²) in [6.07, 6.45) is 0.309. The average Bonchev–Trinajstić information content (AvgIpc) is 3.50. The maximum absolute atomic E-state index is 12.7. The molecule has 2 amide bonds. The summed E-state index contributed by atoms with van der Waals surface area (Å²) >= 11 is 0. The molecule has 1 aromatic carbocycles. The minimum atomic E-state index is -0.809. The summed E-state index contributed by atoms with van der Waals surface area (Å²) in [4.78, 5) is 37.2. The zero-order valence-corrected chi connectivity index (χ0v) is 17.8. The fourth-order valence-corrected chi connectivity index (χ4v) is 4.08. The molecule has 3 rings (SSSR count). The standard InChI is InChI=1S/C20H28N4O5S/c1-20(14-29-20)17(25)12-21-19(27)16(11-15-5-3-2-4-6-15)23-18(26)13-22-24-7-9-30(28)10-8-24/h2-6,16,22H,7-14H2,1H3,(H,21,27)(H,23,26)/t16?,20-/m1/s1. The van der Waals surface area contributed by atoms with Crippen LogP contribution in [-0.4, -0.2) is 82.7 Å². The number of rotatable bonds is 10. The molecule has 1 aromatic rings. The summed E-state index contributed by atoms with van der Waals surface area (Å²) in [5.41, 5.74) is 3.11. The Bertz CT molecular complexity index is 790. The number of Topliss-reactive ketones (excluding diaryl/α,β-unsaturated/α-hetero) is 1. The second-order valence-corrected chi connectivity index (χ2v) is 9.34. The van der Waals surface area contributed by atoms with Crippen molar-refractivity contribution in [2.75, 3.05) is 44.3 Å². The topological polar surface area (TPSA) is 120 Å². The third kappa shape index (κ3) is 6.69. The van der Waals surface area contributed by atoms with Crippen LogP contribution in [0.25, 0.3) is 0 Å². The highest BCUT2D eigenvalue weighted by Gasteiger charge is 2.46. The Kier molecular flexibility index (Phi) is 7.70. The van der Waals surface area contributed by atoms with Gasteiger partial charge in [0.15, 0.2) is 5.78 Å². The molecule has 0 spiro atoms. The van der Waals surface area contributed by atoms with Gasteiger partial charge < -0.3 is 15.4 Å². The zero-order chi connectivity index (χ0) is 21.6. The van der Waals surface area contributed by atoms with Crippen molar-refractivity contribution in [1.82, 2.24) is 21.1 Å². The van der Waals surface area contributed by atoms with Crippen molar-refractivity contribution in [2.24, 2.45) is 0 Å². The van der Waals surface area contributed by atoms with E-state index in [0.29, 0.717) is 37.6 Å². The first kappa shape index (κ1) is 22.5. The number of hydrogen-bond donors (Lipinski definition) is 3. The number of ether oxygens (including phenoxy) is 1. The predicted molar refractivity (Wildman–Crippen MR) is 112 cm³/mol. The highest BCUT2D eigenvalue weighted by molar-refractivity contribution is 7.85. The van der Waals surface area contributed by atoms with E-state index in [0.717, 1.165) is 5.56 Å². The van der Waals surface area contributed by atoms with E-state index in [9.17, 15) is 18.6 Å². The number of amides is 2. The van der Waals surface area contributed by atoms with E-state index < -0.39 is 28.3 Å². The molecule has 0 aliphatic carbocycles. The summed E-state index contributed by atoms with van der Waals surface area (Å²) in [6, 6.07) is 8.55. The minimum Gasteiger partial charge on any atom is -0.362 e. The van der Waals surface area contributed by atoms with Crippen molar-refractivity contribution in [1.29, 1.82) is 0 Å². The normalized spacial score (nSPS) is 22.8. The first-order chi connectivity index (χ1) is 14.4. The molecule has 2 fully saturated rings. The monoisotopic (exact) mass is 436 g/mol. The van der Waals surface area contributed by atoms with E-state index in [1.165, 1.54) is 0 Å². The number of ketones is 1. The highest BCUT2D eigenvalue weighted by atomic mass is 32.2. The lowest BCUT2D eigenvalue weighted by molar-refractivity contribution is -0.130. The number of nitrogens with one attached hydrogen (secondary N) is 3. The number of hydrazine groups is 1. The molecule has 2 heterocycles. The SMILES string of the molecule is C[C@]1(C(=O)CNC(=O)C(Cc2ccccc2)NC(=O)CNN2CCS(=O)CC2)CO1. The van der Waals surface area contributed by atoms with Gasteiger partial charge in [-0.1, -0.05) is 30.3 Å². The van der Waals surface area contributed by atoms with Crippen molar-refractivity contribution in [3.8, 4) is 0 Å². The van der Waals surface area contributed by atoms with Crippen LogP contribution >= 0.6 is 0 Å². The van der Waals surface area contributed by atoms with Crippen molar-refractivity contribution >= 4 is 28.4 Å². The van der Waals surface area contributed by atoms with Gasteiger partial charge in [-0.3, -0.25) is 18.6 Å². The lowest BCUT2D eigenvalue weighted by atomic mass is 10.0. The van der Waals surface area contributed by atoms with Gasteiger partial charge in [-0.05, 0) is 12.5 Å². The van der Waals surface area contributed by atoms with Crippen LogP contribution in [-0.2, 0) is 36.3 Å². The Labute approximate surface area is 178 Å². The van der Waals surface area contributed by atoms with Crippen LogP contribution in [0.5, 0.6) is 0 Å². The molecular weight excluding hydrogens is 408 g/mol. The number of carbonyl (C=O) groups excluding carboxylic acids is 3. The summed E-state index contributed by atoms with van der Waals surface area (Å²) in [5, 5.41) is 7.23. The number of benzene rings is 1. The van der Waals surface area contributed by atoms with Gasteiger partial charge in [0, 0.05) is 41.8 Å². The largest absolute Gasteiger partial charge is 0.362 e. The smallest absolute Gasteiger partial charge is 0.243 e. The molecule has 0 radical (unpaired) electrons. The Morgan fingerprint density at radius 3 is 2.47 bits per heavy atom. The summed E-state index contributed by atoms with van der Waals surface area (Å²) in [7, 11) is -0.793. The number of nitrogens with zero attached hydrogens (tertiary/aromatic N) is 1. The van der Waals surface area contributed by atoms with Crippen molar-refractivity contribution in [3.05, 3.63) is 35.9 Å². The molecule has 2 aliphatic rings.